The topological polar surface area (TPSA) is 81.6 Å². The van der Waals surface area contributed by atoms with Gasteiger partial charge in [-0.2, -0.15) is 0 Å². The molecule has 0 aliphatic carbocycles. The molecule has 7 heteroatoms. The molecule has 1 atom stereocenters. The maximum Gasteiger partial charge on any atom is 0.276 e. The van der Waals surface area contributed by atoms with E-state index in [4.69, 9.17) is 13.7 Å². The highest BCUT2D eigenvalue weighted by Gasteiger charge is 2.32. The van der Waals surface area contributed by atoms with Gasteiger partial charge in [-0.25, -0.2) is 4.98 Å². The van der Waals surface area contributed by atoms with Gasteiger partial charge >= 0.3 is 0 Å². The van der Waals surface area contributed by atoms with Crippen molar-refractivity contribution in [3.63, 3.8) is 0 Å². The largest absolute Gasteiger partial charge is 0.497 e. The molecule has 1 unspecified atom stereocenters. The predicted octanol–water partition coefficient (Wildman–Crippen LogP) is 4.47. The van der Waals surface area contributed by atoms with Gasteiger partial charge in [-0.05, 0) is 48.7 Å². The van der Waals surface area contributed by atoms with Crippen molar-refractivity contribution in [2.75, 3.05) is 13.7 Å². The first-order chi connectivity index (χ1) is 14.2. The minimum absolute atomic E-state index is 0.0269. The molecule has 2 aromatic carbocycles. The molecule has 7 nitrogen and oxygen atoms in total. The van der Waals surface area contributed by atoms with Gasteiger partial charge in [-0.15, -0.1) is 0 Å². The van der Waals surface area contributed by atoms with Gasteiger partial charge in [0.2, 0.25) is 0 Å². The normalized spacial score (nSPS) is 16.4. The van der Waals surface area contributed by atoms with Crippen molar-refractivity contribution in [1.82, 2.24) is 15.0 Å². The molecule has 146 valence electrons. The Hall–Kier alpha value is -3.61. The highest BCUT2D eigenvalue weighted by molar-refractivity contribution is 5.94. The maximum absolute atomic E-state index is 13.1. The third-order valence-corrected chi connectivity index (χ3v) is 5.36. The van der Waals surface area contributed by atoms with Crippen molar-refractivity contribution >= 4 is 17.0 Å². The highest BCUT2D eigenvalue weighted by Crippen LogP contribution is 2.34. The highest BCUT2D eigenvalue weighted by atomic mass is 16.5. The minimum atomic E-state index is -0.126. The molecule has 4 aromatic rings. The third kappa shape index (κ3) is 3.14. The zero-order chi connectivity index (χ0) is 19.8. The van der Waals surface area contributed by atoms with E-state index < -0.39 is 0 Å². The summed E-state index contributed by atoms with van der Waals surface area (Å²) >= 11 is 0. The number of methoxy groups -OCH3 is 1. The number of benzene rings is 2. The summed E-state index contributed by atoms with van der Waals surface area (Å²) < 4.78 is 16.0. The van der Waals surface area contributed by atoms with Crippen molar-refractivity contribution in [2.45, 2.75) is 18.9 Å². The van der Waals surface area contributed by atoms with Crippen LogP contribution in [0.5, 0.6) is 5.75 Å². The number of fused-ring (bicyclic) bond motifs is 1. The number of aromatic nitrogens is 2. The Bertz CT molecular complexity index is 1160. The van der Waals surface area contributed by atoms with Crippen LogP contribution in [0.2, 0.25) is 0 Å². The molecule has 5 rings (SSSR count). The van der Waals surface area contributed by atoms with Crippen LogP contribution in [0.4, 0.5) is 0 Å². The standard InChI is InChI=1S/C22H19N3O4/c1-27-16-7-4-14(5-8-16)19-3-2-10-25(19)22(26)18-12-20(29-24-18)15-6-9-17-21(11-15)28-13-23-17/h4-9,11-13,19H,2-3,10H2,1H3. The van der Waals surface area contributed by atoms with Crippen molar-refractivity contribution < 1.29 is 18.5 Å². The van der Waals surface area contributed by atoms with Crippen LogP contribution in [0, 0.1) is 0 Å². The molecule has 1 fully saturated rings. The summed E-state index contributed by atoms with van der Waals surface area (Å²) in [7, 11) is 1.64. The van der Waals surface area contributed by atoms with E-state index in [1.54, 1.807) is 13.2 Å². The molecular weight excluding hydrogens is 370 g/mol. The van der Waals surface area contributed by atoms with Gasteiger partial charge in [0.15, 0.2) is 23.4 Å². The van der Waals surface area contributed by atoms with E-state index in [-0.39, 0.29) is 11.9 Å². The molecule has 1 aliphatic heterocycles. The van der Waals surface area contributed by atoms with E-state index in [9.17, 15) is 4.79 Å². The van der Waals surface area contributed by atoms with Crippen molar-refractivity contribution in [2.24, 2.45) is 0 Å². The zero-order valence-electron chi connectivity index (χ0n) is 15.9. The molecule has 1 saturated heterocycles. The monoisotopic (exact) mass is 389 g/mol. The first-order valence-corrected chi connectivity index (χ1v) is 9.48. The van der Waals surface area contributed by atoms with Gasteiger partial charge in [0.1, 0.15) is 11.3 Å². The number of nitrogens with zero attached hydrogens (tertiary/aromatic N) is 3. The first-order valence-electron chi connectivity index (χ1n) is 9.48. The Balaban J connectivity index is 1.39. The first kappa shape index (κ1) is 17.5. The van der Waals surface area contributed by atoms with Gasteiger partial charge in [0.05, 0.1) is 13.2 Å². The summed E-state index contributed by atoms with van der Waals surface area (Å²) in [5.41, 5.74) is 3.61. The molecule has 0 bridgehead atoms. The molecule has 1 amide bonds. The van der Waals surface area contributed by atoms with E-state index in [2.05, 4.69) is 10.1 Å². The smallest absolute Gasteiger partial charge is 0.276 e. The molecule has 0 saturated carbocycles. The molecule has 0 N–H and O–H groups in total. The molecule has 29 heavy (non-hydrogen) atoms. The number of ether oxygens (including phenoxy) is 1. The minimum Gasteiger partial charge on any atom is -0.497 e. The van der Waals surface area contributed by atoms with E-state index in [1.165, 1.54) is 6.39 Å². The van der Waals surface area contributed by atoms with E-state index >= 15 is 0 Å². The van der Waals surface area contributed by atoms with Crippen LogP contribution in [0.3, 0.4) is 0 Å². The average molecular weight is 389 g/mol. The summed E-state index contributed by atoms with van der Waals surface area (Å²) in [5, 5.41) is 4.03. The van der Waals surface area contributed by atoms with Gasteiger partial charge in [0, 0.05) is 18.2 Å². The van der Waals surface area contributed by atoms with E-state index in [1.807, 2.05) is 47.4 Å². The molecule has 3 heterocycles. The molecule has 2 aromatic heterocycles. The molecule has 1 aliphatic rings. The van der Waals surface area contributed by atoms with Crippen molar-refractivity contribution in [3.8, 4) is 17.1 Å². The number of carbonyl (C=O) groups is 1. The van der Waals surface area contributed by atoms with Crippen LogP contribution in [0.1, 0.15) is 34.9 Å². The predicted molar refractivity (Wildman–Crippen MR) is 106 cm³/mol. The molecule has 0 radical (unpaired) electrons. The Labute approximate surface area is 166 Å². The summed E-state index contributed by atoms with van der Waals surface area (Å²) in [6.07, 6.45) is 3.27. The fourth-order valence-corrected chi connectivity index (χ4v) is 3.85. The number of likely N-dealkylation sites (tertiary alicyclic amines) is 1. The van der Waals surface area contributed by atoms with Crippen molar-refractivity contribution in [3.05, 3.63) is 66.2 Å². The number of oxazole rings is 1. The van der Waals surface area contributed by atoms with Crippen LogP contribution in [-0.4, -0.2) is 34.6 Å². The second-order valence-corrected chi connectivity index (χ2v) is 7.04. The lowest BCUT2D eigenvalue weighted by Gasteiger charge is -2.24. The van der Waals surface area contributed by atoms with Gasteiger partial charge < -0.3 is 18.6 Å². The second-order valence-electron chi connectivity index (χ2n) is 7.04. The van der Waals surface area contributed by atoms with Crippen LogP contribution in [0.15, 0.2) is 63.9 Å². The van der Waals surface area contributed by atoms with Gasteiger partial charge in [0.25, 0.3) is 5.91 Å². The van der Waals surface area contributed by atoms with Crippen LogP contribution < -0.4 is 4.74 Å². The Kier molecular flexibility index (Phi) is 4.27. The number of hydrogen-bond donors (Lipinski definition) is 0. The van der Waals surface area contributed by atoms with E-state index in [0.717, 1.165) is 35.2 Å². The van der Waals surface area contributed by atoms with Gasteiger partial charge in [-0.3, -0.25) is 4.79 Å². The second kappa shape index (κ2) is 7.09. The lowest BCUT2D eigenvalue weighted by molar-refractivity contribution is 0.0725. The number of rotatable bonds is 4. The quantitative estimate of drug-likeness (QED) is 0.512. The SMILES string of the molecule is COc1ccc(C2CCCN2C(=O)c2cc(-c3ccc4ncoc4c3)on2)cc1. The van der Waals surface area contributed by atoms with Crippen LogP contribution in [-0.2, 0) is 0 Å². The van der Waals surface area contributed by atoms with E-state index in [0.29, 0.717) is 23.6 Å². The third-order valence-electron chi connectivity index (χ3n) is 5.36. The van der Waals surface area contributed by atoms with Gasteiger partial charge in [-0.1, -0.05) is 17.3 Å². The Morgan fingerprint density at radius 3 is 2.86 bits per heavy atom. The van der Waals surface area contributed by atoms with Crippen molar-refractivity contribution in [1.29, 1.82) is 0 Å². The summed E-state index contributed by atoms with van der Waals surface area (Å²) in [6, 6.07) is 15.1. The fourth-order valence-electron chi connectivity index (χ4n) is 3.85. The summed E-state index contributed by atoms with van der Waals surface area (Å²) in [4.78, 5) is 19.1. The number of amides is 1. The average Bonchev–Trinajstić information content (AvgIpc) is 3.53. The van der Waals surface area contributed by atoms with Crippen LogP contribution in [0.25, 0.3) is 22.4 Å². The molecular formula is C22H19N3O4. The summed E-state index contributed by atoms with van der Waals surface area (Å²) in [6.45, 7) is 0.696. The maximum atomic E-state index is 13.1. The Morgan fingerprint density at radius 2 is 2.03 bits per heavy atom. The lowest BCUT2D eigenvalue weighted by Crippen LogP contribution is -2.30. The molecule has 0 spiro atoms. The van der Waals surface area contributed by atoms with Crippen LogP contribution >= 0.6 is 0 Å². The fraction of sp³-hybridized carbons (Fsp3) is 0.227. The lowest BCUT2D eigenvalue weighted by atomic mass is 10.0. The Morgan fingerprint density at radius 1 is 1.17 bits per heavy atom. The summed E-state index contributed by atoms with van der Waals surface area (Å²) in [5.74, 6) is 1.19. The number of carbonyl (C=O) groups excluding carboxylic acids is 1. The zero-order valence-corrected chi connectivity index (χ0v) is 15.9. The number of hydrogen-bond acceptors (Lipinski definition) is 6.